The standard InChI is InChI=1S/C65H118O5/c1-4-7-10-13-16-19-22-25-28-31-33-35-37-40-43-46-49-52-55-58-64(66)69-61-63(68-60-57-54-51-48-45-42-39-30-27-24-21-18-15-12-9-6-3)62-70-65(67)59-56-53-50-47-44-41-38-36-34-32-29-26-23-20-17-14-11-8-5-2/h7,10,16,19,25,28,33,35,40,43,63H,4-6,8-9,11-15,17-18,20-24,26-27,29-32,34,36-39,41-42,44-62H2,1-3H3/b10-7-,19-16-,28-25-,35-33-,43-40-/t63-/m1/s1. The first-order valence-electron chi connectivity index (χ1n) is 30.8. The summed E-state index contributed by atoms with van der Waals surface area (Å²) in [5.74, 6) is -0.354. The zero-order chi connectivity index (χ0) is 50.6. The molecule has 0 aliphatic heterocycles. The Balaban J connectivity index is 4.28. The van der Waals surface area contributed by atoms with Crippen molar-refractivity contribution >= 4 is 11.9 Å². The highest BCUT2D eigenvalue weighted by molar-refractivity contribution is 5.69. The van der Waals surface area contributed by atoms with Gasteiger partial charge in [0.2, 0.25) is 0 Å². The van der Waals surface area contributed by atoms with Gasteiger partial charge in [-0.3, -0.25) is 9.59 Å². The summed E-state index contributed by atoms with van der Waals surface area (Å²) in [6, 6.07) is 0. The lowest BCUT2D eigenvalue weighted by Gasteiger charge is -2.18. The number of unbranched alkanes of at least 4 members (excludes halogenated alkanes) is 36. The Morgan fingerprint density at radius 2 is 0.586 bits per heavy atom. The maximum Gasteiger partial charge on any atom is 0.305 e. The molecule has 0 radical (unpaired) electrons. The van der Waals surface area contributed by atoms with Crippen molar-refractivity contribution in [1.29, 1.82) is 0 Å². The van der Waals surface area contributed by atoms with Gasteiger partial charge in [-0.2, -0.15) is 0 Å². The highest BCUT2D eigenvalue weighted by Crippen LogP contribution is 2.17. The molecular weight excluding hydrogens is 861 g/mol. The van der Waals surface area contributed by atoms with Crippen molar-refractivity contribution in [3.05, 3.63) is 60.8 Å². The fourth-order valence-corrected chi connectivity index (χ4v) is 8.99. The van der Waals surface area contributed by atoms with Crippen LogP contribution in [0.3, 0.4) is 0 Å². The van der Waals surface area contributed by atoms with E-state index in [0.717, 1.165) is 83.5 Å². The summed E-state index contributed by atoms with van der Waals surface area (Å²) in [7, 11) is 0. The number of carbonyl (C=O) groups excluding carboxylic acids is 2. The molecule has 5 nitrogen and oxygen atoms in total. The lowest BCUT2D eigenvalue weighted by molar-refractivity contribution is -0.155. The number of esters is 2. The van der Waals surface area contributed by atoms with Gasteiger partial charge in [-0.15, -0.1) is 0 Å². The van der Waals surface area contributed by atoms with E-state index in [1.807, 2.05) is 0 Å². The molecule has 0 aliphatic carbocycles. The van der Waals surface area contributed by atoms with Gasteiger partial charge in [0.1, 0.15) is 19.3 Å². The summed E-state index contributed by atoms with van der Waals surface area (Å²) >= 11 is 0. The molecule has 0 aromatic carbocycles. The van der Waals surface area contributed by atoms with Crippen molar-refractivity contribution < 1.29 is 23.8 Å². The molecule has 1 atom stereocenters. The number of hydrogen-bond donors (Lipinski definition) is 0. The number of ether oxygens (including phenoxy) is 3. The van der Waals surface area contributed by atoms with E-state index in [-0.39, 0.29) is 25.2 Å². The van der Waals surface area contributed by atoms with Gasteiger partial charge < -0.3 is 14.2 Å². The fourth-order valence-electron chi connectivity index (χ4n) is 8.99. The molecule has 5 heteroatoms. The predicted molar refractivity (Wildman–Crippen MR) is 307 cm³/mol. The van der Waals surface area contributed by atoms with Gasteiger partial charge in [0.15, 0.2) is 0 Å². The Kier molecular flexibility index (Phi) is 58.8. The highest BCUT2D eigenvalue weighted by atomic mass is 16.6. The van der Waals surface area contributed by atoms with E-state index < -0.39 is 6.10 Å². The van der Waals surface area contributed by atoms with Crippen LogP contribution in [-0.2, 0) is 23.8 Å². The van der Waals surface area contributed by atoms with Crippen molar-refractivity contribution in [2.24, 2.45) is 0 Å². The topological polar surface area (TPSA) is 61.8 Å². The Morgan fingerprint density at radius 1 is 0.314 bits per heavy atom. The third-order valence-electron chi connectivity index (χ3n) is 13.6. The van der Waals surface area contributed by atoms with Crippen LogP contribution in [-0.4, -0.2) is 37.9 Å². The van der Waals surface area contributed by atoms with Crippen molar-refractivity contribution in [2.75, 3.05) is 19.8 Å². The minimum Gasteiger partial charge on any atom is -0.463 e. The molecule has 0 saturated carbocycles. The summed E-state index contributed by atoms with van der Waals surface area (Å²) < 4.78 is 17.5. The molecule has 0 rings (SSSR count). The van der Waals surface area contributed by atoms with E-state index in [2.05, 4.69) is 81.5 Å². The molecule has 0 N–H and O–H groups in total. The normalized spacial score (nSPS) is 12.6. The number of rotatable bonds is 57. The van der Waals surface area contributed by atoms with E-state index in [9.17, 15) is 9.59 Å². The second-order valence-electron chi connectivity index (χ2n) is 20.6. The van der Waals surface area contributed by atoms with Crippen LogP contribution in [0.15, 0.2) is 60.8 Å². The van der Waals surface area contributed by atoms with E-state index in [1.54, 1.807) is 0 Å². The summed E-state index contributed by atoms with van der Waals surface area (Å²) in [5.41, 5.74) is 0. The van der Waals surface area contributed by atoms with Crippen LogP contribution in [0.4, 0.5) is 0 Å². The van der Waals surface area contributed by atoms with Crippen molar-refractivity contribution in [3.8, 4) is 0 Å². The quantitative estimate of drug-likeness (QED) is 0.0345. The van der Waals surface area contributed by atoms with Crippen molar-refractivity contribution in [3.63, 3.8) is 0 Å². The molecule has 0 aromatic rings. The Labute approximate surface area is 436 Å². The molecule has 0 aliphatic rings. The molecule has 0 heterocycles. The van der Waals surface area contributed by atoms with E-state index in [0.29, 0.717) is 19.4 Å². The van der Waals surface area contributed by atoms with Gasteiger partial charge in [-0.05, 0) is 64.2 Å². The lowest BCUT2D eigenvalue weighted by atomic mass is 10.0. The molecule has 0 bridgehead atoms. The Bertz CT molecular complexity index is 1200. The summed E-state index contributed by atoms with van der Waals surface area (Å²) in [5, 5.41) is 0. The Morgan fingerprint density at radius 3 is 0.914 bits per heavy atom. The lowest BCUT2D eigenvalue weighted by Crippen LogP contribution is -2.29. The monoisotopic (exact) mass is 979 g/mol. The van der Waals surface area contributed by atoms with Gasteiger partial charge in [0.25, 0.3) is 0 Å². The molecular formula is C65H118O5. The van der Waals surface area contributed by atoms with Crippen LogP contribution in [0.2, 0.25) is 0 Å². The van der Waals surface area contributed by atoms with Crippen LogP contribution in [0.1, 0.15) is 316 Å². The largest absolute Gasteiger partial charge is 0.463 e. The highest BCUT2D eigenvalue weighted by Gasteiger charge is 2.16. The van der Waals surface area contributed by atoms with E-state index in [1.165, 1.54) is 199 Å². The van der Waals surface area contributed by atoms with Crippen LogP contribution in [0, 0.1) is 0 Å². The minimum atomic E-state index is -0.412. The third kappa shape index (κ3) is 58.2. The van der Waals surface area contributed by atoms with Crippen LogP contribution < -0.4 is 0 Å². The first-order chi connectivity index (χ1) is 34.6. The van der Waals surface area contributed by atoms with Gasteiger partial charge in [0, 0.05) is 19.4 Å². The van der Waals surface area contributed by atoms with Gasteiger partial charge in [-0.25, -0.2) is 0 Å². The third-order valence-corrected chi connectivity index (χ3v) is 13.6. The zero-order valence-corrected chi connectivity index (χ0v) is 47.0. The van der Waals surface area contributed by atoms with Crippen LogP contribution in [0.5, 0.6) is 0 Å². The second-order valence-corrected chi connectivity index (χ2v) is 20.6. The van der Waals surface area contributed by atoms with E-state index >= 15 is 0 Å². The summed E-state index contributed by atoms with van der Waals surface area (Å²) in [4.78, 5) is 25.4. The van der Waals surface area contributed by atoms with Gasteiger partial charge in [0.05, 0.1) is 0 Å². The van der Waals surface area contributed by atoms with Crippen LogP contribution >= 0.6 is 0 Å². The molecule has 0 unspecified atom stereocenters. The van der Waals surface area contributed by atoms with Crippen molar-refractivity contribution in [1.82, 2.24) is 0 Å². The summed E-state index contributed by atoms with van der Waals surface area (Å²) in [6.07, 6.45) is 78.5. The van der Waals surface area contributed by atoms with Gasteiger partial charge >= 0.3 is 11.9 Å². The molecule has 0 fully saturated rings. The number of hydrogen-bond acceptors (Lipinski definition) is 5. The maximum atomic E-state index is 12.7. The SMILES string of the molecule is CC/C=C\C/C=C\C/C=C\C/C=C\C/C=C\CCCCCC(=O)OC[C@H](COC(=O)CCCCCCCCCCCCCCCCCCCCC)OCCCCCCCCCCCCCCCCCC. The molecule has 0 saturated heterocycles. The van der Waals surface area contributed by atoms with Crippen molar-refractivity contribution in [2.45, 2.75) is 322 Å². The average Bonchev–Trinajstić information content (AvgIpc) is 3.36. The molecule has 0 amide bonds. The summed E-state index contributed by atoms with van der Waals surface area (Å²) in [6.45, 7) is 7.64. The molecule has 70 heavy (non-hydrogen) atoms. The first kappa shape index (κ1) is 67.6. The van der Waals surface area contributed by atoms with Crippen LogP contribution in [0.25, 0.3) is 0 Å². The minimum absolute atomic E-state index is 0.143. The average molecular weight is 980 g/mol. The number of carbonyl (C=O) groups is 2. The van der Waals surface area contributed by atoms with Gasteiger partial charge in [-0.1, -0.05) is 300 Å². The smallest absolute Gasteiger partial charge is 0.305 e. The molecule has 0 aromatic heterocycles. The molecule has 0 spiro atoms. The first-order valence-corrected chi connectivity index (χ1v) is 30.8. The fraction of sp³-hybridized carbons (Fsp3) is 0.815. The predicted octanol–water partition coefficient (Wildman–Crippen LogP) is 21.2. The maximum absolute atomic E-state index is 12.7. The zero-order valence-electron chi connectivity index (χ0n) is 47.0. The number of allylic oxidation sites excluding steroid dienone is 10. The van der Waals surface area contributed by atoms with E-state index in [4.69, 9.17) is 14.2 Å². The Hall–Kier alpha value is -2.40. The second kappa shape index (κ2) is 60.9. The molecule has 408 valence electrons.